The van der Waals surface area contributed by atoms with Crippen LogP contribution >= 0.6 is 11.3 Å². The topological polar surface area (TPSA) is 0 Å². The van der Waals surface area contributed by atoms with Gasteiger partial charge in [0.2, 0.25) is 0 Å². The van der Waals surface area contributed by atoms with E-state index in [2.05, 4.69) is 208 Å². The van der Waals surface area contributed by atoms with Crippen molar-refractivity contribution in [1.29, 1.82) is 0 Å². The molecule has 0 bridgehead atoms. The van der Waals surface area contributed by atoms with Crippen LogP contribution in [0.2, 0.25) is 0 Å². The fourth-order valence-corrected chi connectivity index (χ4v) is 12.5. The summed E-state index contributed by atoms with van der Waals surface area (Å²) < 4.78 is 2.78. The van der Waals surface area contributed by atoms with E-state index in [1.165, 1.54) is 130 Å². The lowest BCUT2D eigenvalue weighted by Crippen LogP contribution is -2.14. The molecule has 60 heavy (non-hydrogen) atoms. The first-order valence-corrected chi connectivity index (χ1v) is 21.8. The average Bonchev–Trinajstić information content (AvgIpc) is 3.79. The second-order valence-electron chi connectivity index (χ2n) is 17.1. The fourth-order valence-electron chi connectivity index (χ4n) is 11.0. The molecule has 0 N–H and O–H groups in total. The van der Waals surface area contributed by atoms with Crippen molar-refractivity contribution < 1.29 is 0 Å². The first-order chi connectivity index (χ1) is 29.5. The molecule has 11 aromatic carbocycles. The third kappa shape index (κ3) is 4.61. The van der Waals surface area contributed by atoms with Crippen molar-refractivity contribution in [1.82, 2.24) is 0 Å². The smallest absolute Gasteiger partial charge is 0.0434 e. The lowest BCUT2D eigenvalue weighted by Gasteiger charge is -2.22. The molecule has 0 saturated carbocycles. The summed E-state index contributed by atoms with van der Waals surface area (Å²) in [7, 11) is 0. The summed E-state index contributed by atoms with van der Waals surface area (Å²) >= 11 is 1.98. The lowest BCUT2D eigenvalue weighted by atomic mass is 9.82. The minimum absolute atomic E-state index is 0.0704. The number of rotatable bonds is 3. The molecule has 0 saturated heterocycles. The minimum atomic E-state index is -0.0704. The molecule has 12 aromatic rings. The van der Waals surface area contributed by atoms with E-state index in [-0.39, 0.29) is 5.41 Å². The molecule has 0 radical (unpaired) electrons. The molecule has 0 nitrogen and oxygen atoms in total. The van der Waals surface area contributed by atoms with Crippen LogP contribution < -0.4 is 0 Å². The molecule has 0 amide bonds. The molecule has 1 aliphatic carbocycles. The highest BCUT2D eigenvalue weighted by Crippen LogP contribution is 2.55. The molecule has 1 heterocycles. The van der Waals surface area contributed by atoms with Crippen molar-refractivity contribution in [2.24, 2.45) is 0 Å². The van der Waals surface area contributed by atoms with Gasteiger partial charge in [0.15, 0.2) is 0 Å². The minimum Gasteiger partial charge on any atom is -0.134 e. The first kappa shape index (κ1) is 33.9. The highest BCUT2D eigenvalue weighted by Gasteiger charge is 2.37. The number of hydrogen-bond donors (Lipinski definition) is 0. The lowest BCUT2D eigenvalue weighted by molar-refractivity contribution is 0.667. The van der Waals surface area contributed by atoms with Gasteiger partial charge in [0.25, 0.3) is 0 Å². The van der Waals surface area contributed by atoms with Crippen LogP contribution in [0.4, 0.5) is 0 Å². The summed E-state index contributed by atoms with van der Waals surface area (Å²) in [4.78, 5) is 0. The van der Waals surface area contributed by atoms with E-state index in [0.717, 1.165) is 0 Å². The zero-order chi connectivity index (χ0) is 39.7. The number of fused-ring (bicyclic) bond motifs is 13. The third-order valence-corrected chi connectivity index (χ3v) is 14.9. The Morgan fingerprint density at radius 1 is 0.317 bits per heavy atom. The van der Waals surface area contributed by atoms with Gasteiger partial charge in [0.1, 0.15) is 0 Å². The molecular weight excluding hydrogens is 741 g/mol. The molecule has 1 aliphatic rings. The SMILES string of the molecule is CC1(C)c2ccccc2-c2ccc3c(sc4c5ccccc5c(-c5ccc(-c6c7ccccc7c(-c7ccc8ccccc8c7)c7ccccc67)c6ccccc56)cc34)c21. The van der Waals surface area contributed by atoms with Gasteiger partial charge < -0.3 is 0 Å². The third-order valence-electron chi connectivity index (χ3n) is 13.6. The second kappa shape index (κ2) is 12.5. The Morgan fingerprint density at radius 3 is 1.55 bits per heavy atom. The Kier molecular flexibility index (Phi) is 7.04. The fraction of sp³-hybridized carbons (Fsp3) is 0.0508. The maximum Gasteiger partial charge on any atom is 0.0434 e. The zero-order valence-corrected chi connectivity index (χ0v) is 34.2. The molecule has 0 spiro atoms. The van der Waals surface area contributed by atoms with Gasteiger partial charge in [-0.3, -0.25) is 0 Å². The van der Waals surface area contributed by atoms with Crippen molar-refractivity contribution in [2.75, 3.05) is 0 Å². The molecule has 0 unspecified atom stereocenters. The molecule has 1 aromatic heterocycles. The van der Waals surface area contributed by atoms with E-state index in [1.807, 2.05) is 11.3 Å². The molecule has 0 aliphatic heterocycles. The molecule has 0 atom stereocenters. The Bertz CT molecular complexity index is 3750. The highest BCUT2D eigenvalue weighted by molar-refractivity contribution is 7.27. The van der Waals surface area contributed by atoms with E-state index >= 15 is 0 Å². The van der Waals surface area contributed by atoms with Crippen LogP contribution in [-0.4, -0.2) is 0 Å². The molecular formula is C59H38S. The van der Waals surface area contributed by atoms with Crippen LogP contribution in [0.15, 0.2) is 194 Å². The Labute approximate surface area is 352 Å². The average molecular weight is 779 g/mol. The van der Waals surface area contributed by atoms with Crippen LogP contribution in [0.3, 0.4) is 0 Å². The molecule has 13 rings (SSSR count). The standard InChI is InChI=1S/C59H38S/c1-59(2)53-26-14-13-20-42(53)48-31-32-50-52-34-51(40-19-7-12-25-49(40)57(52)60-58(50)56(48)59)41-29-30-47(39-18-6-5-17-38(39)41)55-45-23-10-8-21-43(45)54(44-22-9-11-24-46(44)55)37-28-27-35-15-3-4-16-36(35)33-37/h3-34H,1-2H3. The Hall–Kier alpha value is -7.06. The largest absolute Gasteiger partial charge is 0.134 e. The summed E-state index contributed by atoms with van der Waals surface area (Å²) in [6.07, 6.45) is 0. The summed E-state index contributed by atoms with van der Waals surface area (Å²) in [5.74, 6) is 0. The maximum atomic E-state index is 2.50. The predicted molar refractivity (Wildman–Crippen MR) is 261 cm³/mol. The van der Waals surface area contributed by atoms with Crippen molar-refractivity contribution in [2.45, 2.75) is 19.3 Å². The van der Waals surface area contributed by atoms with E-state index in [0.29, 0.717) is 0 Å². The van der Waals surface area contributed by atoms with Crippen molar-refractivity contribution >= 4 is 85.4 Å². The van der Waals surface area contributed by atoms with Gasteiger partial charge in [0, 0.05) is 31.0 Å². The van der Waals surface area contributed by atoms with E-state index in [1.54, 1.807) is 0 Å². The summed E-state index contributed by atoms with van der Waals surface area (Å²) in [6, 6.07) is 72.9. The molecule has 280 valence electrons. The monoisotopic (exact) mass is 778 g/mol. The summed E-state index contributed by atoms with van der Waals surface area (Å²) in [5.41, 5.74) is 13.2. The van der Waals surface area contributed by atoms with Gasteiger partial charge in [-0.05, 0) is 116 Å². The molecule has 0 fully saturated rings. The summed E-state index contributed by atoms with van der Waals surface area (Å²) in [6.45, 7) is 4.81. The second-order valence-corrected chi connectivity index (χ2v) is 18.1. The number of hydrogen-bond acceptors (Lipinski definition) is 1. The zero-order valence-electron chi connectivity index (χ0n) is 33.4. The quantitative estimate of drug-likeness (QED) is 0.157. The van der Waals surface area contributed by atoms with Gasteiger partial charge in [0.05, 0.1) is 0 Å². The van der Waals surface area contributed by atoms with Gasteiger partial charge >= 0.3 is 0 Å². The van der Waals surface area contributed by atoms with E-state index in [9.17, 15) is 0 Å². The van der Waals surface area contributed by atoms with Crippen LogP contribution in [0.25, 0.3) is 119 Å². The van der Waals surface area contributed by atoms with Gasteiger partial charge in [-0.2, -0.15) is 0 Å². The highest BCUT2D eigenvalue weighted by atomic mass is 32.1. The molecule has 1 heteroatoms. The maximum absolute atomic E-state index is 2.50. The number of benzene rings is 11. The van der Waals surface area contributed by atoms with Crippen molar-refractivity contribution in [3.63, 3.8) is 0 Å². The normalized spacial score (nSPS) is 13.3. The van der Waals surface area contributed by atoms with Crippen LogP contribution in [0.1, 0.15) is 25.0 Å². The number of thiophene rings is 1. The predicted octanol–water partition coefficient (Wildman–Crippen LogP) is 17.1. The summed E-state index contributed by atoms with van der Waals surface area (Å²) in [5, 5.41) is 15.4. The van der Waals surface area contributed by atoms with Gasteiger partial charge in [-0.15, -0.1) is 11.3 Å². The van der Waals surface area contributed by atoms with Gasteiger partial charge in [-0.25, -0.2) is 0 Å². The van der Waals surface area contributed by atoms with Crippen molar-refractivity contribution in [3.8, 4) is 44.5 Å². The van der Waals surface area contributed by atoms with E-state index in [4.69, 9.17) is 0 Å². The van der Waals surface area contributed by atoms with E-state index < -0.39 is 0 Å². The first-order valence-electron chi connectivity index (χ1n) is 21.0. The van der Waals surface area contributed by atoms with Crippen LogP contribution in [0, 0.1) is 0 Å². The van der Waals surface area contributed by atoms with Crippen LogP contribution in [0.5, 0.6) is 0 Å². The Balaban J connectivity index is 1.07. The Morgan fingerprint density at radius 2 is 0.833 bits per heavy atom. The van der Waals surface area contributed by atoms with Gasteiger partial charge in [-0.1, -0.05) is 196 Å². The van der Waals surface area contributed by atoms with Crippen LogP contribution in [-0.2, 0) is 5.41 Å². The van der Waals surface area contributed by atoms with Crippen molar-refractivity contribution in [3.05, 3.63) is 205 Å².